The molecule has 1 aromatic carbocycles. The lowest BCUT2D eigenvalue weighted by molar-refractivity contribution is 0.0692. The van der Waals surface area contributed by atoms with Crippen molar-refractivity contribution >= 4 is 11.6 Å². The van der Waals surface area contributed by atoms with Crippen molar-refractivity contribution in [2.75, 3.05) is 7.11 Å². The van der Waals surface area contributed by atoms with Crippen LogP contribution in [0.1, 0.15) is 10.5 Å². The summed E-state index contributed by atoms with van der Waals surface area (Å²) in [5, 5.41) is 9.08. The average molecular weight is 287 g/mol. The summed E-state index contributed by atoms with van der Waals surface area (Å²) in [6.07, 6.45) is 4.57. The molecule has 0 saturated carbocycles. The Morgan fingerprint density at radius 1 is 1.43 bits per heavy atom. The second-order valence-electron chi connectivity index (χ2n) is 4.29. The minimum absolute atomic E-state index is 0.135. The van der Waals surface area contributed by atoms with Gasteiger partial charge in [-0.25, -0.2) is 19.2 Å². The van der Waals surface area contributed by atoms with Crippen LogP contribution in [0.25, 0.3) is 16.9 Å². The maximum atomic E-state index is 13.7. The van der Waals surface area contributed by atoms with E-state index in [9.17, 15) is 9.18 Å². The molecule has 6 nitrogen and oxygen atoms in total. The first-order valence-electron chi connectivity index (χ1n) is 6.01. The number of nitrogens with zero attached hydrogens (tertiary/aromatic N) is 3. The molecule has 0 atom stereocenters. The zero-order chi connectivity index (χ0) is 15.0. The third kappa shape index (κ3) is 2.18. The SMILES string of the molecule is COc1ccc(-c2cn3ccnc(C(=O)O)c3n2)cc1F. The molecule has 3 aromatic rings. The predicted molar refractivity (Wildman–Crippen MR) is 71.9 cm³/mol. The van der Waals surface area contributed by atoms with Crippen molar-refractivity contribution in [1.82, 2.24) is 14.4 Å². The number of aromatic carboxylic acids is 1. The molecule has 1 N–H and O–H groups in total. The van der Waals surface area contributed by atoms with Crippen molar-refractivity contribution in [2.45, 2.75) is 0 Å². The predicted octanol–water partition coefficient (Wildman–Crippen LogP) is 2.24. The monoisotopic (exact) mass is 287 g/mol. The molecule has 0 aliphatic heterocycles. The van der Waals surface area contributed by atoms with E-state index in [0.29, 0.717) is 11.3 Å². The van der Waals surface area contributed by atoms with Gasteiger partial charge < -0.3 is 14.2 Å². The lowest BCUT2D eigenvalue weighted by Gasteiger charge is -2.02. The number of hydrogen-bond donors (Lipinski definition) is 1. The second kappa shape index (κ2) is 4.86. The molecule has 0 bridgehead atoms. The fourth-order valence-corrected chi connectivity index (χ4v) is 2.04. The van der Waals surface area contributed by atoms with Crippen molar-refractivity contribution in [3.63, 3.8) is 0 Å². The number of imidazole rings is 1. The molecule has 2 aromatic heterocycles. The number of ether oxygens (including phenoxy) is 1. The Morgan fingerprint density at radius 2 is 2.24 bits per heavy atom. The molecule has 0 aliphatic carbocycles. The fourth-order valence-electron chi connectivity index (χ4n) is 2.04. The minimum Gasteiger partial charge on any atom is -0.494 e. The molecule has 0 amide bonds. The van der Waals surface area contributed by atoms with Gasteiger partial charge >= 0.3 is 5.97 Å². The van der Waals surface area contributed by atoms with Crippen LogP contribution in [0.3, 0.4) is 0 Å². The molecule has 0 saturated heterocycles. The van der Waals surface area contributed by atoms with Gasteiger partial charge in [-0.3, -0.25) is 0 Å². The van der Waals surface area contributed by atoms with Gasteiger partial charge in [-0.2, -0.15) is 0 Å². The lowest BCUT2D eigenvalue weighted by Crippen LogP contribution is -2.03. The highest BCUT2D eigenvalue weighted by atomic mass is 19.1. The Bertz CT molecular complexity index is 845. The topological polar surface area (TPSA) is 76.7 Å². The summed E-state index contributed by atoms with van der Waals surface area (Å²) in [5.74, 6) is -1.54. The highest BCUT2D eigenvalue weighted by Gasteiger charge is 2.15. The van der Waals surface area contributed by atoms with Crippen LogP contribution in [0.5, 0.6) is 5.75 Å². The summed E-state index contributed by atoms with van der Waals surface area (Å²) in [4.78, 5) is 19.1. The zero-order valence-corrected chi connectivity index (χ0v) is 10.9. The lowest BCUT2D eigenvalue weighted by atomic mass is 10.1. The number of aromatic nitrogens is 3. The van der Waals surface area contributed by atoms with E-state index in [1.165, 1.54) is 29.8 Å². The number of methoxy groups -OCH3 is 1. The van der Waals surface area contributed by atoms with E-state index < -0.39 is 11.8 Å². The van der Waals surface area contributed by atoms with Crippen LogP contribution in [0.15, 0.2) is 36.8 Å². The van der Waals surface area contributed by atoms with Crippen LogP contribution in [0, 0.1) is 5.82 Å². The molecule has 106 valence electrons. The summed E-state index contributed by atoms with van der Waals surface area (Å²) in [7, 11) is 1.38. The van der Waals surface area contributed by atoms with Crippen LogP contribution in [-0.2, 0) is 0 Å². The molecule has 3 rings (SSSR count). The summed E-state index contributed by atoms with van der Waals surface area (Å²) in [6, 6.07) is 4.43. The van der Waals surface area contributed by atoms with E-state index in [1.807, 2.05) is 0 Å². The van der Waals surface area contributed by atoms with Crippen molar-refractivity contribution in [2.24, 2.45) is 0 Å². The molecule has 0 fully saturated rings. The first-order chi connectivity index (χ1) is 10.1. The maximum absolute atomic E-state index is 13.7. The fraction of sp³-hybridized carbons (Fsp3) is 0.0714. The number of hydrogen-bond acceptors (Lipinski definition) is 4. The molecule has 0 radical (unpaired) electrons. The number of halogens is 1. The Hall–Kier alpha value is -2.96. The minimum atomic E-state index is -1.17. The molecule has 0 spiro atoms. The first kappa shape index (κ1) is 13.0. The summed E-state index contributed by atoms with van der Waals surface area (Å²) < 4.78 is 20.1. The largest absolute Gasteiger partial charge is 0.494 e. The number of benzene rings is 1. The molecule has 7 heteroatoms. The van der Waals surface area contributed by atoms with E-state index in [4.69, 9.17) is 9.84 Å². The third-order valence-electron chi connectivity index (χ3n) is 3.03. The van der Waals surface area contributed by atoms with Gasteiger partial charge in [0, 0.05) is 24.2 Å². The van der Waals surface area contributed by atoms with Gasteiger partial charge in [-0.1, -0.05) is 0 Å². The highest BCUT2D eigenvalue weighted by Crippen LogP contribution is 2.25. The van der Waals surface area contributed by atoms with Crippen molar-refractivity contribution in [3.8, 4) is 17.0 Å². The van der Waals surface area contributed by atoms with Crippen LogP contribution < -0.4 is 4.74 Å². The summed E-state index contributed by atoms with van der Waals surface area (Å²) in [5.41, 5.74) is 1.02. The van der Waals surface area contributed by atoms with Crippen molar-refractivity contribution < 1.29 is 19.0 Å². The van der Waals surface area contributed by atoms with Gasteiger partial charge in [0.25, 0.3) is 0 Å². The second-order valence-corrected chi connectivity index (χ2v) is 4.29. The number of carboxylic acids is 1. The quantitative estimate of drug-likeness (QED) is 0.799. The number of carboxylic acid groups (broad SMARTS) is 1. The van der Waals surface area contributed by atoms with Gasteiger partial charge in [-0.05, 0) is 18.2 Å². The van der Waals surface area contributed by atoms with Crippen LogP contribution in [0.4, 0.5) is 4.39 Å². The standard InChI is InChI=1S/C14H10FN3O3/c1-21-11-3-2-8(6-9(11)15)10-7-18-5-4-16-12(14(19)20)13(18)17-10/h2-7H,1H3,(H,19,20). The molecule has 0 aliphatic rings. The van der Waals surface area contributed by atoms with Gasteiger partial charge in [0.2, 0.25) is 0 Å². The highest BCUT2D eigenvalue weighted by molar-refractivity contribution is 5.92. The van der Waals surface area contributed by atoms with Crippen LogP contribution in [-0.4, -0.2) is 32.6 Å². The van der Waals surface area contributed by atoms with E-state index >= 15 is 0 Å². The Kier molecular flexibility index (Phi) is 3.02. The smallest absolute Gasteiger partial charge is 0.358 e. The van der Waals surface area contributed by atoms with Crippen molar-refractivity contribution in [1.29, 1.82) is 0 Å². The summed E-state index contributed by atoms with van der Waals surface area (Å²) >= 11 is 0. The van der Waals surface area contributed by atoms with E-state index in [0.717, 1.165) is 0 Å². The molecular formula is C14H10FN3O3. The number of fused-ring (bicyclic) bond motifs is 1. The van der Waals surface area contributed by atoms with E-state index in [2.05, 4.69) is 9.97 Å². The van der Waals surface area contributed by atoms with Crippen LogP contribution >= 0.6 is 0 Å². The Morgan fingerprint density at radius 3 is 2.90 bits per heavy atom. The van der Waals surface area contributed by atoms with E-state index in [-0.39, 0.29) is 17.1 Å². The number of rotatable bonds is 3. The third-order valence-corrected chi connectivity index (χ3v) is 3.03. The normalized spacial score (nSPS) is 10.8. The van der Waals surface area contributed by atoms with Crippen molar-refractivity contribution in [3.05, 3.63) is 48.3 Å². The van der Waals surface area contributed by atoms with Crippen LogP contribution in [0.2, 0.25) is 0 Å². The van der Waals surface area contributed by atoms with E-state index in [1.54, 1.807) is 18.5 Å². The molecule has 0 unspecified atom stereocenters. The molecular weight excluding hydrogens is 277 g/mol. The Labute approximate surface area is 118 Å². The summed E-state index contributed by atoms with van der Waals surface area (Å²) in [6.45, 7) is 0. The van der Waals surface area contributed by atoms with Gasteiger partial charge in [0.15, 0.2) is 22.9 Å². The first-order valence-corrected chi connectivity index (χ1v) is 6.01. The van der Waals surface area contributed by atoms with Gasteiger partial charge in [-0.15, -0.1) is 0 Å². The average Bonchev–Trinajstić information content (AvgIpc) is 2.90. The zero-order valence-electron chi connectivity index (χ0n) is 10.9. The molecule has 21 heavy (non-hydrogen) atoms. The molecule has 2 heterocycles. The van der Waals surface area contributed by atoms with Gasteiger partial charge in [0.1, 0.15) is 0 Å². The maximum Gasteiger partial charge on any atom is 0.358 e. The number of carbonyl (C=O) groups is 1. The Balaban J connectivity index is 2.15. The van der Waals surface area contributed by atoms with Gasteiger partial charge in [0.05, 0.1) is 12.8 Å².